The molecule has 0 aliphatic rings. The van der Waals surface area contributed by atoms with Crippen LogP contribution in [0.4, 0.5) is 0 Å². The van der Waals surface area contributed by atoms with Gasteiger partial charge in [-0.3, -0.25) is 4.79 Å². The summed E-state index contributed by atoms with van der Waals surface area (Å²) < 4.78 is 0. The van der Waals surface area contributed by atoms with E-state index in [4.69, 9.17) is 29.6 Å². The van der Waals surface area contributed by atoms with E-state index < -0.39 is 0 Å². The minimum absolute atomic E-state index is 0.0557. The van der Waals surface area contributed by atoms with Crippen LogP contribution in [0, 0.1) is 12.3 Å². The molecule has 1 amide bonds. The number of carbonyl (C=O) groups excluding carboxylic acids is 1. The number of hydrogen-bond donors (Lipinski definition) is 1. The van der Waals surface area contributed by atoms with Crippen molar-refractivity contribution in [1.29, 1.82) is 0 Å². The molecule has 1 N–H and O–H groups in total. The van der Waals surface area contributed by atoms with Crippen molar-refractivity contribution >= 4 is 29.1 Å². The van der Waals surface area contributed by atoms with Gasteiger partial charge in [0.05, 0.1) is 15.6 Å². The zero-order valence-corrected chi connectivity index (χ0v) is 11.0. The highest BCUT2D eigenvalue weighted by Crippen LogP contribution is 2.24. The molecule has 1 aromatic carbocycles. The fraction of sp³-hybridized carbons (Fsp3) is 0.308. The van der Waals surface area contributed by atoms with Gasteiger partial charge in [0.2, 0.25) is 0 Å². The van der Waals surface area contributed by atoms with Gasteiger partial charge in [-0.1, -0.05) is 36.2 Å². The smallest absolute Gasteiger partial charge is 0.254 e. The van der Waals surface area contributed by atoms with E-state index in [-0.39, 0.29) is 11.9 Å². The molecule has 90 valence electrons. The number of terminal acetylenes is 1. The van der Waals surface area contributed by atoms with Gasteiger partial charge in [0.1, 0.15) is 0 Å². The average molecular weight is 270 g/mol. The Morgan fingerprint density at radius 3 is 2.53 bits per heavy atom. The number of amides is 1. The van der Waals surface area contributed by atoms with Gasteiger partial charge >= 0.3 is 0 Å². The van der Waals surface area contributed by atoms with Crippen molar-refractivity contribution in [3.63, 3.8) is 0 Å². The van der Waals surface area contributed by atoms with Gasteiger partial charge in [0.15, 0.2) is 0 Å². The molecule has 0 spiro atoms. The number of rotatable bonds is 4. The first-order valence-electron chi connectivity index (χ1n) is 5.28. The minimum Gasteiger partial charge on any atom is -0.348 e. The van der Waals surface area contributed by atoms with E-state index in [1.54, 1.807) is 18.2 Å². The van der Waals surface area contributed by atoms with Gasteiger partial charge in [-0.2, -0.15) is 0 Å². The Morgan fingerprint density at radius 1 is 1.47 bits per heavy atom. The lowest BCUT2D eigenvalue weighted by atomic mass is 10.1. The average Bonchev–Trinajstić information content (AvgIpc) is 2.28. The summed E-state index contributed by atoms with van der Waals surface area (Å²) in [6.45, 7) is 1.95. The summed E-state index contributed by atoms with van der Waals surface area (Å²) in [6, 6.07) is 4.90. The van der Waals surface area contributed by atoms with Crippen molar-refractivity contribution in [2.45, 2.75) is 25.8 Å². The summed E-state index contributed by atoms with van der Waals surface area (Å²) in [5, 5.41) is 3.49. The first-order chi connectivity index (χ1) is 8.10. The zero-order chi connectivity index (χ0) is 12.8. The van der Waals surface area contributed by atoms with Gasteiger partial charge in [-0.05, 0) is 18.6 Å². The Morgan fingerprint density at radius 2 is 2.06 bits per heavy atom. The highest BCUT2D eigenvalue weighted by Gasteiger charge is 2.17. The van der Waals surface area contributed by atoms with Crippen molar-refractivity contribution in [2.24, 2.45) is 0 Å². The molecule has 0 aliphatic carbocycles. The van der Waals surface area contributed by atoms with Crippen molar-refractivity contribution < 1.29 is 4.79 Å². The fourth-order valence-electron chi connectivity index (χ4n) is 1.41. The molecule has 0 bridgehead atoms. The summed E-state index contributed by atoms with van der Waals surface area (Å²) in [5.41, 5.74) is 0.298. The van der Waals surface area contributed by atoms with Gasteiger partial charge in [-0.15, -0.1) is 12.3 Å². The third-order valence-electron chi connectivity index (χ3n) is 2.38. The van der Waals surface area contributed by atoms with Crippen LogP contribution >= 0.6 is 23.2 Å². The van der Waals surface area contributed by atoms with Gasteiger partial charge in [0.25, 0.3) is 5.91 Å². The number of carbonyl (C=O) groups is 1. The Kier molecular flexibility index (Phi) is 5.34. The van der Waals surface area contributed by atoms with Crippen LogP contribution in [0.15, 0.2) is 18.2 Å². The predicted molar refractivity (Wildman–Crippen MR) is 71.5 cm³/mol. The molecule has 0 fully saturated rings. The van der Waals surface area contributed by atoms with Gasteiger partial charge in [-0.25, -0.2) is 0 Å². The van der Waals surface area contributed by atoms with E-state index in [0.717, 1.165) is 6.42 Å². The Hall–Kier alpha value is -1.17. The lowest BCUT2D eigenvalue weighted by Crippen LogP contribution is -2.34. The normalized spacial score (nSPS) is 11.6. The van der Waals surface area contributed by atoms with Crippen LogP contribution in [-0.4, -0.2) is 11.9 Å². The molecule has 1 aromatic rings. The van der Waals surface area contributed by atoms with E-state index >= 15 is 0 Å². The maximum Gasteiger partial charge on any atom is 0.254 e. The second-order valence-corrected chi connectivity index (χ2v) is 4.40. The molecule has 0 saturated carbocycles. The minimum atomic E-state index is -0.289. The molecule has 0 aromatic heterocycles. The molecule has 2 nitrogen and oxygen atoms in total. The summed E-state index contributed by atoms with van der Waals surface area (Å²) in [5.74, 6) is 2.23. The van der Waals surface area contributed by atoms with Gasteiger partial charge in [0, 0.05) is 12.5 Å². The van der Waals surface area contributed by atoms with E-state index in [1.807, 2.05) is 6.92 Å². The summed E-state index contributed by atoms with van der Waals surface area (Å²) in [6.07, 6.45) is 6.48. The number of halogens is 2. The Bertz CT molecular complexity index is 431. The standard InChI is InChI=1S/C13H13Cl2NO/c1-3-6-9(4-2)16-13(17)12-10(14)7-5-8-11(12)15/h1,5,7-9H,4,6H2,2H3,(H,16,17). The summed E-state index contributed by atoms with van der Waals surface area (Å²) in [4.78, 5) is 12.0. The predicted octanol–water partition coefficient (Wildman–Crippen LogP) is 3.53. The quantitative estimate of drug-likeness (QED) is 0.833. The number of nitrogens with one attached hydrogen (secondary N) is 1. The van der Waals surface area contributed by atoms with Crippen LogP contribution in [0.25, 0.3) is 0 Å². The van der Waals surface area contributed by atoms with E-state index in [9.17, 15) is 4.79 Å². The van der Waals surface area contributed by atoms with Crippen LogP contribution in [0.5, 0.6) is 0 Å². The van der Waals surface area contributed by atoms with E-state index in [1.165, 1.54) is 0 Å². The summed E-state index contributed by atoms with van der Waals surface area (Å²) >= 11 is 11.9. The lowest BCUT2D eigenvalue weighted by Gasteiger charge is -2.15. The molecule has 1 unspecified atom stereocenters. The van der Waals surface area contributed by atoms with Crippen LogP contribution in [-0.2, 0) is 0 Å². The van der Waals surface area contributed by atoms with Crippen molar-refractivity contribution in [3.05, 3.63) is 33.8 Å². The fourth-order valence-corrected chi connectivity index (χ4v) is 1.98. The van der Waals surface area contributed by atoms with E-state index in [0.29, 0.717) is 22.0 Å². The molecule has 0 saturated heterocycles. The zero-order valence-electron chi connectivity index (χ0n) is 9.47. The van der Waals surface area contributed by atoms with Crippen molar-refractivity contribution in [1.82, 2.24) is 5.32 Å². The number of hydrogen-bond acceptors (Lipinski definition) is 1. The molecule has 0 heterocycles. The SMILES string of the molecule is C#CCC(CC)NC(=O)c1c(Cl)cccc1Cl. The van der Waals surface area contributed by atoms with E-state index in [2.05, 4.69) is 11.2 Å². The second-order valence-electron chi connectivity index (χ2n) is 3.58. The molecular weight excluding hydrogens is 257 g/mol. The topological polar surface area (TPSA) is 29.1 Å². The van der Waals surface area contributed by atoms with Crippen LogP contribution in [0.2, 0.25) is 10.0 Å². The maximum absolute atomic E-state index is 12.0. The monoisotopic (exact) mass is 269 g/mol. The highest BCUT2D eigenvalue weighted by atomic mass is 35.5. The third-order valence-corrected chi connectivity index (χ3v) is 3.01. The highest BCUT2D eigenvalue weighted by molar-refractivity contribution is 6.39. The lowest BCUT2D eigenvalue weighted by molar-refractivity contribution is 0.0937. The first-order valence-corrected chi connectivity index (χ1v) is 6.04. The second kappa shape index (κ2) is 6.54. The largest absolute Gasteiger partial charge is 0.348 e. The third kappa shape index (κ3) is 3.66. The molecule has 0 aliphatic heterocycles. The van der Waals surface area contributed by atoms with Crippen LogP contribution in [0.1, 0.15) is 30.1 Å². The Balaban J connectivity index is 2.87. The summed E-state index contributed by atoms with van der Waals surface area (Å²) in [7, 11) is 0. The van der Waals surface area contributed by atoms with Crippen LogP contribution in [0.3, 0.4) is 0 Å². The number of benzene rings is 1. The van der Waals surface area contributed by atoms with Gasteiger partial charge < -0.3 is 5.32 Å². The van der Waals surface area contributed by atoms with Crippen LogP contribution < -0.4 is 5.32 Å². The molecule has 17 heavy (non-hydrogen) atoms. The molecule has 4 heteroatoms. The molecular formula is C13H13Cl2NO. The Labute approximate surface area is 111 Å². The molecule has 1 atom stereocenters. The first kappa shape index (κ1) is 13.9. The van der Waals surface area contributed by atoms with Crippen molar-refractivity contribution in [2.75, 3.05) is 0 Å². The molecule has 1 rings (SSSR count). The van der Waals surface area contributed by atoms with Crippen molar-refractivity contribution in [3.8, 4) is 12.3 Å². The maximum atomic E-state index is 12.0. The molecule has 0 radical (unpaired) electrons.